The Bertz CT molecular complexity index is 816. The van der Waals surface area contributed by atoms with Gasteiger partial charge in [0.1, 0.15) is 0 Å². The van der Waals surface area contributed by atoms with Crippen molar-refractivity contribution in [3.8, 4) is 0 Å². The van der Waals surface area contributed by atoms with Crippen molar-refractivity contribution in [3.05, 3.63) is 66.5 Å². The number of hydrogen-bond donors (Lipinski definition) is 3. The van der Waals surface area contributed by atoms with Gasteiger partial charge in [-0.25, -0.2) is 0 Å². The highest BCUT2D eigenvalue weighted by molar-refractivity contribution is 6.11. The zero-order valence-electron chi connectivity index (χ0n) is 11.9. The van der Waals surface area contributed by atoms with E-state index < -0.39 is 5.91 Å². The third kappa shape index (κ3) is 3.38. The Morgan fingerprint density at radius 2 is 1.74 bits per heavy atom. The van der Waals surface area contributed by atoms with Crippen molar-refractivity contribution < 1.29 is 9.59 Å². The number of aromatic amines is 1. The summed E-state index contributed by atoms with van der Waals surface area (Å²) in [7, 11) is 0. The van der Waals surface area contributed by atoms with Gasteiger partial charge in [0.05, 0.1) is 23.1 Å². The van der Waals surface area contributed by atoms with Gasteiger partial charge >= 0.3 is 0 Å². The first-order chi connectivity index (χ1) is 11.2. The van der Waals surface area contributed by atoms with Crippen LogP contribution in [0.2, 0.25) is 0 Å². The number of pyridine rings is 2. The second kappa shape index (κ2) is 6.48. The summed E-state index contributed by atoms with van der Waals surface area (Å²) in [4.78, 5) is 32.1. The molecular formula is C15H12N6O2. The van der Waals surface area contributed by atoms with Gasteiger partial charge in [-0.15, -0.1) is 0 Å². The van der Waals surface area contributed by atoms with Crippen LogP contribution in [-0.2, 0) is 0 Å². The van der Waals surface area contributed by atoms with Crippen LogP contribution >= 0.6 is 0 Å². The van der Waals surface area contributed by atoms with Crippen LogP contribution in [0.3, 0.4) is 0 Å². The highest BCUT2D eigenvalue weighted by atomic mass is 16.2. The zero-order chi connectivity index (χ0) is 16.1. The Morgan fingerprint density at radius 3 is 2.43 bits per heavy atom. The van der Waals surface area contributed by atoms with Gasteiger partial charge in [0.15, 0.2) is 5.69 Å². The summed E-state index contributed by atoms with van der Waals surface area (Å²) in [6.45, 7) is 0. The average Bonchev–Trinajstić information content (AvgIpc) is 3.05. The van der Waals surface area contributed by atoms with Crippen molar-refractivity contribution in [1.29, 1.82) is 0 Å². The molecule has 0 aliphatic carbocycles. The molecule has 0 saturated carbocycles. The Kier molecular flexibility index (Phi) is 4.05. The molecule has 3 aromatic heterocycles. The fourth-order valence-electron chi connectivity index (χ4n) is 1.88. The highest BCUT2D eigenvalue weighted by Crippen LogP contribution is 2.15. The van der Waals surface area contributed by atoms with Crippen molar-refractivity contribution in [3.63, 3.8) is 0 Å². The molecular weight excluding hydrogens is 296 g/mol. The topological polar surface area (TPSA) is 113 Å². The van der Waals surface area contributed by atoms with E-state index in [2.05, 4.69) is 30.8 Å². The number of aromatic nitrogens is 4. The number of carbonyl (C=O) groups is 2. The minimum atomic E-state index is -0.458. The van der Waals surface area contributed by atoms with Crippen LogP contribution in [0.4, 0.5) is 11.4 Å². The second-order valence-electron chi connectivity index (χ2n) is 4.54. The largest absolute Gasteiger partial charge is 0.319 e. The van der Waals surface area contributed by atoms with Crippen molar-refractivity contribution in [2.45, 2.75) is 0 Å². The first kappa shape index (κ1) is 14.4. The monoisotopic (exact) mass is 308 g/mol. The van der Waals surface area contributed by atoms with Crippen molar-refractivity contribution in [1.82, 2.24) is 20.2 Å². The van der Waals surface area contributed by atoms with E-state index in [1.165, 1.54) is 18.6 Å². The van der Waals surface area contributed by atoms with E-state index in [1.54, 1.807) is 36.7 Å². The molecule has 0 spiro atoms. The maximum absolute atomic E-state index is 12.2. The SMILES string of the molecule is O=C(Nc1c[nH]nc1C(=O)Nc1cccnc1)c1cccnc1. The lowest BCUT2D eigenvalue weighted by Gasteiger charge is -2.06. The first-order valence-corrected chi connectivity index (χ1v) is 6.70. The average molecular weight is 308 g/mol. The van der Waals surface area contributed by atoms with E-state index in [-0.39, 0.29) is 17.3 Å². The number of amides is 2. The van der Waals surface area contributed by atoms with Gasteiger partial charge < -0.3 is 10.6 Å². The van der Waals surface area contributed by atoms with Crippen LogP contribution in [0, 0.1) is 0 Å². The summed E-state index contributed by atoms with van der Waals surface area (Å²) < 4.78 is 0. The predicted molar refractivity (Wildman–Crippen MR) is 83.0 cm³/mol. The molecule has 0 bridgehead atoms. The van der Waals surface area contributed by atoms with Crippen LogP contribution in [0.15, 0.2) is 55.2 Å². The quantitative estimate of drug-likeness (QED) is 0.679. The van der Waals surface area contributed by atoms with E-state index in [0.717, 1.165) is 0 Å². The van der Waals surface area contributed by atoms with Crippen LogP contribution in [0.5, 0.6) is 0 Å². The standard InChI is InChI=1S/C15H12N6O2/c22-14(10-3-1-5-16-7-10)20-12-9-18-21-13(12)15(23)19-11-4-2-6-17-8-11/h1-9H,(H,18,21)(H,19,23)(H,20,22). The zero-order valence-corrected chi connectivity index (χ0v) is 11.9. The van der Waals surface area contributed by atoms with Gasteiger partial charge in [-0.1, -0.05) is 0 Å². The number of nitrogens with zero attached hydrogens (tertiary/aromatic N) is 3. The van der Waals surface area contributed by atoms with E-state index in [1.807, 2.05) is 0 Å². The van der Waals surface area contributed by atoms with Crippen molar-refractivity contribution in [2.75, 3.05) is 10.6 Å². The van der Waals surface area contributed by atoms with E-state index in [4.69, 9.17) is 0 Å². The molecule has 0 aliphatic heterocycles. The third-order valence-electron chi connectivity index (χ3n) is 2.95. The molecule has 23 heavy (non-hydrogen) atoms. The van der Waals surface area contributed by atoms with Crippen LogP contribution in [0.25, 0.3) is 0 Å². The van der Waals surface area contributed by atoms with Gasteiger partial charge in [-0.05, 0) is 24.3 Å². The number of carbonyl (C=O) groups excluding carboxylic acids is 2. The van der Waals surface area contributed by atoms with Crippen molar-refractivity contribution in [2.24, 2.45) is 0 Å². The Labute approximate surface area is 131 Å². The molecule has 0 radical (unpaired) electrons. The van der Waals surface area contributed by atoms with E-state index in [0.29, 0.717) is 11.3 Å². The van der Waals surface area contributed by atoms with Gasteiger partial charge in [0.25, 0.3) is 11.8 Å². The van der Waals surface area contributed by atoms with Crippen molar-refractivity contribution >= 4 is 23.2 Å². The molecule has 0 saturated heterocycles. The molecule has 2 amide bonds. The number of hydrogen-bond acceptors (Lipinski definition) is 5. The molecule has 0 aromatic carbocycles. The molecule has 0 unspecified atom stereocenters. The van der Waals surface area contributed by atoms with Gasteiger partial charge in [0.2, 0.25) is 0 Å². The van der Waals surface area contributed by atoms with E-state index >= 15 is 0 Å². The lowest BCUT2D eigenvalue weighted by molar-refractivity contribution is 0.102. The van der Waals surface area contributed by atoms with Crippen LogP contribution in [-0.4, -0.2) is 32.0 Å². The number of rotatable bonds is 4. The Morgan fingerprint density at radius 1 is 0.957 bits per heavy atom. The summed E-state index contributed by atoms with van der Waals surface area (Å²) in [6, 6.07) is 6.68. The maximum Gasteiger partial charge on any atom is 0.278 e. The van der Waals surface area contributed by atoms with Gasteiger partial charge in [0, 0.05) is 24.8 Å². The fourth-order valence-corrected chi connectivity index (χ4v) is 1.88. The molecule has 3 rings (SSSR count). The molecule has 3 N–H and O–H groups in total. The predicted octanol–water partition coefficient (Wildman–Crippen LogP) is 1.70. The minimum absolute atomic E-state index is 0.0751. The highest BCUT2D eigenvalue weighted by Gasteiger charge is 2.17. The summed E-state index contributed by atoms with van der Waals surface area (Å²) in [5.74, 6) is -0.837. The number of nitrogens with one attached hydrogen (secondary N) is 3. The van der Waals surface area contributed by atoms with Gasteiger partial charge in [-0.2, -0.15) is 5.10 Å². The number of anilines is 2. The van der Waals surface area contributed by atoms with Gasteiger partial charge in [-0.3, -0.25) is 24.7 Å². The molecule has 8 heteroatoms. The summed E-state index contributed by atoms with van der Waals surface area (Å²) in [5.41, 5.74) is 1.27. The molecule has 0 atom stereocenters. The van der Waals surface area contributed by atoms with Crippen LogP contribution < -0.4 is 10.6 Å². The molecule has 0 aliphatic rings. The molecule has 114 valence electrons. The smallest absolute Gasteiger partial charge is 0.278 e. The summed E-state index contributed by atoms with van der Waals surface area (Å²) >= 11 is 0. The fraction of sp³-hybridized carbons (Fsp3) is 0. The Hall–Kier alpha value is -3.55. The van der Waals surface area contributed by atoms with E-state index in [9.17, 15) is 9.59 Å². The number of H-pyrrole nitrogens is 1. The lowest BCUT2D eigenvalue weighted by Crippen LogP contribution is -2.18. The maximum atomic E-state index is 12.2. The molecule has 8 nitrogen and oxygen atoms in total. The minimum Gasteiger partial charge on any atom is -0.319 e. The summed E-state index contributed by atoms with van der Waals surface area (Å²) in [6.07, 6.45) is 7.56. The van der Waals surface area contributed by atoms with Crippen LogP contribution in [0.1, 0.15) is 20.8 Å². The summed E-state index contributed by atoms with van der Waals surface area (Å²) in [5, 5.41) is 11.7. The second-order valence-corrected chi connectivity index (χ2v) is 4.54. The lowest BCUT2D eigenvalue weighted by atomic mass is 10.2. The normalized spacial score (nSPS) is 10.1. The molecule has 3 aromatic rings. The third-order valence-corrected chi connectivity index (χ3v) is 2.95. The Balaban J connectivity index is 1.74. The molecule has 3 heterocycles. The first-order valence-electron chi connectivity index (χ1n) is 6.70. The molecule has 0 fully saturated rings.